The van der Waals surface area contributed by atoms with Crippen LogP contribution in [0.4, 0.5) is 0 Å². The Kier molecular flexibility index (Phi) is 4.07. The number of hydrogen-bond acceptors (Lipinski definition) is 1. The molecule has 0 spiro atoms. The fourth-order valence-corrected chi connectivity index (χ4v) is 2.61. The zero-order valence-electron chi connectivity index (χ0n) is 10.4. The molecule has 2 rings (SSSR count). The van der Waals surface area contributed by atoms with E-state index in [4.69, 9.17) is 0 Å². The van der Waals surface area contributed by atoms with Gasteiger partial charge in [0.15, 0.2) is 0 Å². The molecule has 0 atom stereocenters. The maximum Gasteiger partial charge on any atom is 0.253 e. The SMILES string of the molecule is Cc1ccc(C(=O)N(C)CC2CCC2)cc1I. The Labute approximate surface area is 117 Å². The Morgan fingerprint density at radius 1 is 1.47 bits per heavy atom. The van der Waals surface area contributed by atoms with Crippen LogP contribution >= 0.6 is 22.6 Å². The van der Waals surface area contributed by atoms with Gasteiger partial charge in [0.2, 0.25) is 0 Å². The third kappa shape index (κ3) is 3.00. The zero-order chi connectivity index (χ0) is 12.4. The number of amides is 1. The molecular weight excluding hydrogens is 325 g/mol. The highest BCUT2D eigenvalue weighted by Crippen LogP contribution is 2.27. The summed E-state index contributed by atoms with van der Waals surface area (Å²) >= 11 is 2.28. The van der Waals surface area contributed by atoms with E-state index in [1.165, 1.54) is 24.8 Å². The van der Waals surface area contributed by atoms with E-state index in [-0.39, 0.29) is 5.91 Å². The molecule has 0 aromatic heterocycles. The van der Waals surface area contributed by atoms with Crippen LogP contribution < -0.4 is 0 Å². The first kappa shape index (κ1) is 12.9. The first-order valence-corrected chi connectivity index (χ1v) is 7.17. The van der Waals surface area contributed by atoms with Crippen molar-refractivity contribution in [3.63, 3.8) is 0 Å². The van der Waals surface area contributed by atoms with Crippen LogP contribution in [0.1, 0.15) is 35.2 Å². The molecule has 1 aromatic rings. The molecule has 0 radical (unpaired) electrons. The Hall–Kier alpha value is -0.580. The third-order valence-corrected chi connectivity index (χ3v) is 4.68. The minimum absolute atomic E-state index is 0.148. The lowest BCUT2D eigenvalue weighted by Crippen LogP contribution is -2.34. The van der Waals surface area contributed by atoms with E-state index in [2.05, 4.69) is 29.5 Å². The normalized spacial score (nSPS) is 15.5. The smallest absolute Gasteiger partial charge is 0.253 e. The Morgan fingerprint density at radius 3 is 2.71 bits per heavy atom. The highest BCUT2D eigenvalue weighted by molar-refractivity contribution is 14.1. The lowest BCUT2D eigenvalue weighted by molar-refractivity contribution is 0.0745. The van der Waals surface area contributed by atoms with Gasteiger partial charge >= 0.3 is 0 Å². The highest BCUT2D eigenvalue weighted by atomic mass is 127. The van der Waals surface area contributed by atoms with Crippen LogP contribution in [0.5, 0.6) is 0 Å². The maximum atomic E-state index is 12.2. The molecule has 0 saturated heterocycles. The Morgan fingerprint density at radius 2 is 2.18 bits per heavy atom. The van der Waals surface area contributed by atoms with Crippen LogP contribution in [-0.2, 0) is 0 Å². The van der Waals surface area contributed by atoms with Gasteiger partial charge in [0, 0.05) is 22.7 Å². The molecule has 2 nitrogen and oxygen atoms in total. The number of rotatable bonds is 3. The number of carbonyl (C=O) groups is 1. The van der Waals surface area contributed by atoms with Crippen LogP contribution in [0.3, 0.4) is 0 Å². The van der Waals surface area contributed by atoms with Crippen molar-refractivity contribution in [2.45, 2.75) is 26.2 Å². The number of aryl methyl sites for hydroxylation is 1. The second-order valence-corrected chi connectivity index (χ2v) is 6.11. The minimum Gasteiger partial charge on any atom is -0.341 e. The summed E-state index contributed by atoms with van der Waals surface area (Å²) in [5, 5.41) is 0. The number of nitrogens with zero attached hydrogens (tertiary/aromatic N) is 1. The predicted octanol–water partition coefficient (Wildman–Crippen LogP) is 3.47. The molecule has 1 aliphatic carbocycles. The zero-order valence-corrected chi connectivity index (χ0v) is 12.5. The molecule has 0 aliphatic heterocycles. The molecule has 0 unspecified atom stereocenters. The molecular formula is C14H18INO. The molecule has 1 fully saturated rings. The number of carbonyl (C=O) groups excluding carboxylic acids is 1. The van der Waals surface area contributed by atoms with Crippen molar-refractivity contribution in [2.24, 2.45) is 5.92 Å². The first-order chi connectivity index (χ1) is 8.08. The lowest BCUT2D eigenvalue weighted by Gasteiger charge is -2.30. The van der Waals surface area contributed by atoms with Gasteiger partial charge in [0.1, 0.15) is 0 Å². The maximum absolute atomic E-state index is 12.2. The van der Waals surface area contributed by atoms with Gasteiger partial charge in [-0.05, 0) is 66.0 Å². The van der Waals surface area contributed by atoms with Crippen molar-refractivity contribution in [2.75, 3.05) is 13.6 Å². The van der Waals surface area contributed by atoms with E-state index < -0.39 is 0 Å². The van der Waals surface area contributed by atoms with Gasteiger partial charge in [0.25, 0.3) is 5.91 Å². The number of benzene rings is 1. The Bertz CT molecular complexity index is 426. The average Bonchev–Trinajstić information content (AvgIpc) is 2.26. The summed E-state index contributed by atoms with van der Waals surface area (Å²) in [7, 11) is 1.91. The van der Waals surface area contributed by atoms with E-state index in [1.54, 1.807) is 0 Å². The van der Waals surface area contributed by atoms with Crippen molar-refractivity contribution in [3.05, 3.63) is 32.9 Å². The first-order valence-electron chi connectivity index (χ1n) is 6.09. The molecule has 1 aromatic carbocycles. The van der Waals surface area contributed by atoms with Gasteiger partial charge < -0.3 is 4.90 Å². The average molecular weight is 343 g/mol. The van der Waals surface area contributed by atoms with E-state index in [1.807, 2.05) is 30.1 Å². The topological polar surface area (TPSA) is 20.3 Å². The number of hydrogen-bond donors (Lipinski definition) is 0. The molecule has 0 bridgehead atoms. The molecule has 17 heavy (non-hydrogen) atoms. The molecule has 92 valence electrons. The molecule has 0 heterocycles. The third-order valence-electron chi connectivity index (χ3n) is 3.52. The fraction of sp³-hybridized carbons (Fsp3) is 0.500. The van der Waals surface area contributed by atoms with E-state index in [0.717, 1.165) is 21.6 Å². The van der Waals surface area contributed by atoms with Crippen LogP contribution in [0.15, 0.2) is 18.2 Å². The summed E-state index contributed by atoms with van der Waals surface area (Å²) in [4.78, 5) is 14.1. The fourth-order valence-electron chi connectivity index (χ4n) is 2.09. The van der Waals surface area contributed by atoms with Gasteiger partial charge in [-0.25, -0.2) is 0 Å². The molecule has 1 aliphatic rings. The van der Waals surface area contributed by atoms with E-state index >= 15 is 0 Å². The summed E-state index contributed by atoms with van der Waals surface area (Å²) in [6, 6.07) is 5.93. The summed E-state index contributed by atoms with van der Waals surface area (Å²) in [6.45, 7) is 2.97. The molecule has 0 N–H and O–H groups in total. The highest BCUT2D eigenvalue weighted by Gasteiger charge is 2.22. The van der Waals surface area contributed by atoms with Gasteiger partial charge in [-0.15, -0.1) is 0 Å². The van der Waals surface area contributed by atoms with Crippen molar-refractivity contribution in [1.82, 2.24) is 4.90 Å². The van der Waals surface area contributed by atoms with Crippen molar-refractivity contribution < 1.29 is 4.79 Å². The van der Waals surface area contributed by atoms with Crippen LogP contribution in [0, 0.1) is 16.4 Å². The van der Waals surface area contributed by atoms with Gasteiger partial charge in [-0.2, -0.15) is 0 Å². The van der Waals surface area contributed by atoms with Crippen LogP contribution in [-0.4, -0.2) is 24.4 Å². The van der Waals surface area contributed by atoms with Gasteiger partial charge in [0.05, 0.1) is 0 Å². The quantitative estimate of drug-likeness (QED) is 0.770. The van der Waals surface area contributed by atoms with E-state index in [0.29, 0.717) is 0 Å². The van der Waals surface area contributed by atoms with Crippen molar-refractivity contribution in [3.8, 4) is 0 Å². The van der Waals surface area contributed by atoms with E-state index in [9.17, 15) is 4.79 Å². The second kappa shape index (κ2) is 5.38. The van der Waals surface area contributed by atoms with Gasteiger partial charge in [-0.1, -0.05) is 12.5 Å². The van der Waals surface area contributed by atoms with Gasteiger partial charge in [-0.3, -0.25) is 4.79 Å². The summed E-state index contributed by atoms with van der Waals surface area (Å²) in [6.07, 6.45) is 3.89. The Balaban J connectivity index is 2.04. The summed E-state index contributed by atoms with van der Waals surface area (Å²) < 4.78 is 1.16. The standard InChI is InChI=1S/C14H18INO/c1-10-6-7-12(8-13(10)15)14(17)16(2)9-11-4-3-5-11/h6-8,11H,3-5,9H2,1-2H3. The second-order valence-electron chi connectivity index (χ2n) is 4.95. The molecule has 1 saturated carbocycles. The summed E-state index contributed by atoms with van der Waals surface area (Å²) in [5.41, 5.74) is 2.03. The predicted molar refractivity (Wildman–Crippen MR) is 78.2 cm³/mol. The van der Waals surface area contributed by atoms with Crippen LogP contribution in [0.25, 0.3) is 0 Å². The molecule has 3 heteroatoms. The number of halogens is 1. The van der Waals surface area contributed by atoms with Crippen molar-refractivity contribution in [1.29, 1.82) is 0 Å². The lowest BCUT2D eigenvalue weighted by atomic mass is 9.85. The molecule has 1 amide bonds. The minimum atomic E-state index is 0.148. The van der Waals surface area contributed by atoms with Crippen LogP contribution in [0.2, 0.25) is 0 Å². The monoisotopic (exact) mass is 343 g/mol. The largest absolute Gasteiger partial charge is 0.341 e. The summed E-state index contributed by atoms with van der Waals surface area (Å²) in [5.74, 6) is 0.878. The van der Waals surface area contributed by atoms with Crippen molar-refractivity contribution >= 4 is 28.5 Å².